The third kappa shape index (κ3) is 4.07. The molecule has 1 aromatic heterocycles. The monoisotopic (exact) mass is 417 g/mol. The van der Waals surface area contributed by atoms with Gasteiger partial charge in [0.25, 0.3) is 11.8 Å². The number of H-pyrrole nitrogens is 1. The summed E-state index contributed by atoms with van der Waals surface area (Å²) in [6, 6.07) is 13.8. The van der Waals surface area contributed by atoms with E-state index in [1.165, 1.54) is 0 Å². The molecule has 0 fully saturated rings. The smallest absolute Gasteiger partial charge is 0.272 e. The van der Waals surface area contributed by atoms with Gasteiger partial charge < -0.3 is 20.4 Å². The Kier molecular flexibility index (Phi) is 5.58. The highest BCUT2D eigenvalue weighted by Crippen LogP contribution is 2.27. The van der Waals surface area contributed by atoms with Gasteiger partial charge in [0.2, 0.25) is 0 Å². The van der Waals surface area contributed by atoms with E-state index in [9.17, 15) is 14.4 Å². The van der Waals surface area contributed by atoms with Gasteiger partial charge in [-0.1, -0.05) is 18.2 Å². The number of rotatable bonds is 5. The van der Waals surface area contributed by atoms with E-state index in [0.717, 1.165) is 18.5 Å². The van der Waals surface area contributed by atoms with E-state index in [1.54, 1.807) is 62.6 Å². The molecule has 3 N–H and O–H groups in total. The van der Waals surface area contributed by atoms with Gasteiger partial charge in [-0.15, -0.1) is 0 Å². The molecule has 0 aliphatic heterocycles. The molecule has 158 valence electrons. The Balaban J connectivity index is 1.57. The first-order valence-corrected chi connectivity index (χ1v) is 10.1. The van der Waals surface area contributed by atoms with Crippen LogP contribution in [0.2, 0.25) is 0 Å². The van der Waals surface area contributed by atoms with Crippen LogP contribution in [0.25, 0.3) is 0 Å². The van der Waals surface area contributed by atoms with Gasteiger partial charge >= 0.3 is 0 Å². The highest BCUT2D eigenvalue weighted by Gasteiger charge is 2.26. The number of benzene rings is 2. The molecule has 3 aromatic rings. The van der Waals surface area contributed by atoms with Gasteiger partial charge in [0.05, 0.1) is 18.4 Å². The van der Waals surface area contributed by atoms with Gasteiger partial charge in [-0.05, 0) is 49.6 Å². The number of amides is 2. The van der Waals surface area contributed by atoms with Gasteiger partial charge in [-0.25, -0.2) is 0 Å². The van der Waals surface area contributed by atoms with Crippen LogP contribution in [-0.4, -0.2) is 29.7 Å². The van der Waals surface area contributed by atoms with Gasteiger partial charge in [-0.3, -0.25) is 14.4 Å². The summed E-state index contributed by atoms with van der Waals surface area (Å²) < 4.78 is 5.18. The van der Waals surface area contributed by atoms with E-state index in [4.69, 9.17) is 4.74 Å². The van der Waals surface area contributed by atoms with Crippen molar-refractivity contribution in [3.63, 3.8) is 0 Å². The van der Waals surface area contributed by atoms with Crippen LogP contribution in [0.4, 0.5) is 11.4 Å². The average Bonchev–Trinajstić information content (AvgIpc) is 3.12. The van der Waals surface area contributed by atoms with Crippen molar-refractivity contribution < 1.29 is 19.1 Å². The summed E-state index contributed by atoms with van der Waals surface area (Å²) in [5.41, 5.74) is 3.72. The zero-order valence-corrected chi connectivity index (χ0v) is 17.4. The van der Waals surface area contributed by atoms with E-state index >= 15 is 0 Å². The van der Waals surface area contributed by atoms with Crippen molar-refractivity contribution in [2.24, 2.45) is 0 Å². The van der Waals surface area contributed by atoms with Gasteiger partial charge in [-0.2, -0.15) is 0 Å². The molecule has 0 spiro atoms. The van der Waals surface area contributed by atoms with Crippen LogP contribution >= 0.6 is 0 Å². The molecule has 31 heavy (non-hydrogen) atoms. The molecule has 0 radical (unpaired) electrons. The maximum Gasteiger partial charge on any atom is 0.272 e. The molecule has 0 atom stereocenters. The summed E-state index contributed by atoms with van der Waals surface area (Å²) in [4.78, 5) is 41.2. The molecule has 2 amide bonds. The fourth-order valence-corrected chi connectivity index (χ4v) is 3.88. The quantitative estimate of drug-likeness (QED) is 0.574. The minimum Gasteiger partial charge on any atom is -0.497 e. The number of methoxy groups -OCH3 is 1. The zero-order valence-electron chi connectivity index (χ0n) is 17.4. The third-order valence-corrected chi connectivity index (χ3v) is 5.41. The molecule has 0 unspecified atom stereocenters. The Morgan fingerprint density at radius 2 is 1.81 bits per heavy atom. The lowest BCUT2D eigenvalue weighted by atomic mass is 9.94. The minimum absolute atomic E-state index is 0.0621. The molecule has 7 nitrogen and oxygen atoms in total. The summed E-state index contributed by atoms with van der Waals surface area (Å²) in [7, 11) is 1.56. The Morgan fingerprint density at radius 1 is 1.00 bits per heavy atom. The van der Waals surface area contributed by atoms with Gasteiger partial charge in [0.1, 0.15) is 11.4 Å². The van der Waals surface area contributed by atoms with Crippen LogP contribution in [0.5, 0.6) is 5.75 Å². The number of fused-ring (bicyclic) bond motifs is 1. The number of Topliss-reactive ketones (excluding diaryl/α,β-unsaturated/α-hetero) is 1. The van der Waals surface area contributed by atoms with Crippen LogP contribution in [0.1, 0.15) is 55.3 Å². The van der Waals surface area contributed by atoms with E-state index < -0.39 is 0 Å². The highest BCUT2D eigenvalue weighted by atomic mass is 16.5. The number of para-hydroxylation sites is 1. The molecule has 0 bridgehead atoms. The number of aromatic nitrogens is 1. The molecule has 4 rings (SSSR count). The van der Waals surface area contributed by atoms with Crippen molar-refractivity contribution >= 4 is 29.0 Å². The molecule has 0 saturated carbocycles. The summed E-state index contributed by atoms with van der Waals surface area (Å²) >= 11 is 0. The normalized spacial score (nSPS) is 12.8. The fraction of sp³-hybridized carbons (Fsp3) is 0.208. The van der Waals surface area contributed by atoms with Crippen LogP contribution in [0, 0.1) is 6.92 Å². The molecule has 0 saturated heterocycles. The Morgan fingerprint density at radius 3 is 2.58 bits per heavy atom. The number of ether oxygens (including phenoxy) is 1. The summed E-state index contributed by atoms with van der Waals surface area (Å²) in [6.45, 7) is 1.77. The summed E-state index contributed by atoms with van der Waals surface area (Å²) in [5.74, 6) is -0.0598. The molecular weight excluding hydrogens is 394 g/mol. The Hall–Kier alpha value is -3.87. The van der Waals surface area contributed by atoms with Gasteiger partial charge in [0, 0.05) is 29.4 Å². The van der Waals surface area contributed by atoms with Crippen LogP contribution in [0.3, 0.4) is 0 Å². The SMILES string of the molecule is COc1cccc(NC(=O)c2ccccc2NC(=O)c2[nH]c3c(c2C)C(=O)CCC3)c1. The Bertz CT molecular complexity index is 1180. The summed E-state index contributed by atoms with van der Waals surface area (Å²) in [6.07, 6.45) is 2.02. The van der Waals surface area contributed by atoms with Crippen LogP contribution in [0.15, 0.2) is 48.5 Å². The first kappa shape index (κ1) is 20.4. The summed E-state index contributed by atoms with van der Waals surface area (Å²) in [5, 5.41) is 5.63. The molecule has 1 aliphatic rings. The predicted molar refractivity (Wildman–Crippen MR) is 118 cm³/mol. The highest BCUT2D eigenvalue weighted by molar-refractivity contribution is 6.13. The van der Waals surface area contributed by atoms with Crippen molar-refractivity contribution in [1.29, 1.82) is 0 Å². The number of carbonyl (C=O) groups excluding carboxylic acids is 3. The standard InChI is InChI=1S/C24H23N3O4/c1-14-21-19(11-6-12-20(21)28)26-22(14)24(30)27-18-10-4-3-9-17(18)23(29)25-15-7-5-8-16(13-15)31-2/h3-5,7-10,13,26H,6,11-12H2,1-2H3,(H,25,29)(H,27,30). The van der Waals surface area contributed by atoms with E-state index in [-0.39, 0.29) is 17.6 Å². The number of aromatic amines is 1. The number of aryl methyl sites for hydroxylation is 1. The zero-order chi connectivity index (χ0) is 22.0. The minimum atomic E-state index is -0.388. The first-order chi connectivity index (χ1) is 15.0. The molecular formula is C24H23N3O4. The lowest BCUT2D eigenvalue weighted by molar-refractivity contribution is 0.0970. The van der Waals surface area contributed by atoms with E-state index in [1.807, 2.05) is 0 Å². The van der Waals surface area contributed by atoms with Crippen LogP contribution < -0.4 is 15.4 Å². The fourth-order valence-electron chi connectivity index (χ4n) is 3.88. The molecule has 2 aromatic carbocycles. The molecule has 7 heteroatoms. The second-order valence-electron chi connectivity index (χ2n) is 7.44. The van der Waals surface area contributed by atoms with Crippen LogP contribution in [-0.2, 0) is 6.42 Å². The lowest BCUT2D eigenvalue weighted by Crippen LogP contribution is -2.19. The van der Waals surface area contributed by atoms with Crippen molar-refractivity contribution in [3.8, 4) is 5.75 Å². The second kappa shape index (κ2) is 8.47. The van der Waals surface area contributed by atoms with E-state index in [2.05, 4.69) is 15.6 Å². The molecule has 1 aliphatic carbocycles. The van der Waals surface area contributed by atoms with E-state index in [0.29, 0.717) is 45.9 Å². The number of hydrogen-bond acceptors (Lipinski definition) is 4. The average molecular weight is 417 g/mol. The number of anilines is 2. The number of ketones is 1. The third-order valence-electron chi connectivity index (χ3n) is 5.41. The topological polar surface area (TPSA) is 100 Å². The molecule has 1 heterocycles. The number of carbonyl (C=O) groups is 3. The predicted octanol–water partition coefficient (Wildman–Crippen LogP) is 4.36. The van der Waals surface area contributed by atoms with Crippen molar-refractivity contribution in [3.05, 3.63) is 76.6 Å². The Labute approximate surface area is 179 Å². The van der Waals surface area contributed by atoms with Crippen molar-refractivity contribution in [1.82, 2.24) is 4.98 Å². The van der Waals surface area contributed by atoms with Crippen molar-refractivity contribution in [2.75, 3.05) is 17.7 Å². The number of nitrogens with one attached hydrogen (secondary N) is 3. The second-order valence-corrected chi connectivity index (χ2v) is 7.44. The first-order valence-electron chi connectivity index (χ1n) is 10.1. The number of hydrogen-bond donors (Lipinski definition) is 3. The maximum absolute atomic E-state index is 13.0. The lowest BCUT2D eigenvalue weighted by Gasteiger charge is -2.12. The maximum atomic E-state index is 13.0. The van der Waals surface area contributed by atoms with Gasteiger partial charge in [0.15, 0.2) is 5.78 Å². The van der Waals surface area contributed by atoms with Crippen molar-refractivity contribution in [2.45, 2.75) is 26.2 Å². The largest absolute Gasteiger partial charge is 0.497 e.